The van der Waals surface area contributed by atoms with E-state index in [0.717, 1.165) is 22.1 Å². The largest absolute Gasteiger partial charge is 0.507 e. The lowest BCUT2D eigenvalue weighted by molar-refractivity contribution is 0.240. The highest BCUT2D eigenvalue weighted by Crippen LogP contribution is 2.37. The van der Waals surface area contributed by atoms with Gasteiger partial charge in [0.05, 0.1) is 12.6 Å². The SMILES string of the molecule is CC(C)[C@@H](CO)N=Cc1cc(C(C)(C)C)cc(-c2ccc3ccccc3c2)c1O. The van der Waals surface area contributed by atoms with E-state index in [9.17, 15) is 10.2 Å². The summed E-state index contributed by atoms with van der Waals surface area (Å²) in [5, 5.41) is 23.0. The van der Waals surface area contributed by atoms with Crippen molar-refractivity contribution in [2.45, 2.75) is 46.1 Å². The second-order valence-electron chi connectivity index (χ2n) is 9.05. The third kappa shape index (κ3) is 4.68. The third-order valence-electron chi connectivity index (χ3n) is 5.43. The van der Waals surface area contributed by atoms with Crippen molar-refractivity contribution in [2.24, 2.45) is 10.9 Å². The third-order valence-corrected chi connectivity index (χ3v) is 5.43. The van der Waals surface area contributed by atoms with Gasteiger partial charge in [0.2, 0.25) is 0 Å². The number of nitrogens with zero attached hydrogens (tertiary/aromatic N) is 1. The standard InChI is InChI=1S/C26H31NO2/c1-17(2)24(16-28)27-15-21-13-22(26(3,4)5)14-23(25(21)29)20-11-10-18-8-6-7-9-19(18)12-20/h6-15,17,24,28-29H,16H2,1-5H3/t24-/m1/s1. The Hall–Kier alpha value is -2.65. The van der Waals surface area contributed by atoms with Gasteiger partial charge in [-0.2, -0.15) is 0 Å². The van der Waals surface area contributed by atoms with E-state index >= 15 is 0 Å². The summed E-state index contributed by atoms with van der Waals surface area (Å²) in [6, 6.07) is 18.4. The predicted octanol–water partition coefficient (Wildman–Crippen LogP) is 5.95. The van der Waals surface area contributed by atoms with Gasteiger partial charge in [-0.05, 0) is 51.4 Å². The van der Waals surface area contributed by atoms with Gasteiger partial charge in [-0.15, -0.1) is 0 Å². The Morgan fingerprint density at radius 1 is 0.966 bits per heavy atom. The van der Waals surface area contributed by atoms with Crippen molar-refractivity contribution in [3.63, 3.8) is 0 Å². The molecule has 2 N–H and O–H groups in total. The molecule has 29 heavy (non-hydrogen) atoms. The van der Waals surface area contributed by atoms with E-state index in [1.54, 1.807) is 6.21 Å². The minimum absolute atomic E-state index is 0.00851. The van der Waals surface area contributed by atoms with Crippen molar-refractivity contribution in [2.75, 3.05) is 6.61 Å². The second-order valence-corrected chi connectivity index (χ2v) is 9.05. The molecule has 0 aliphatic heterocycles. The summed E-state index contributed by atoms with van der Waals surface area (Å²) in [4.78, 5) is 4.55. The van der Waals surface area contributed by atoms with Crippen LogP contribution in [-0.2, 0) is 5.41 Å². The molecule has 0 aliphatic carbocycles. The van der Waals surface area contributed by atoms with Crippen LogP contribution in [-0.4, -0.2) is 29.1 Å². The maximum absolute atomic E-state index is 11.1. The maximum Gasteiger partial charge on any atom is 0.132 e. The zero-order valence-corrected chi connectivity index (χ0v) is 18.0. The first-order valence-corrected chi connectivity index (χ1v) is 10.2. The quantitative estimate of drug-likeness (QED) is 0.530. The van der Waals surface area contributed by atoms with E-state index in [1.165, 1.54) is 5.39 Å². The molecule has 3 aromatic carbocycles. The van der Waals surface area contributed by atoms with E-state index in [-0.39, 0.29) is 29.7 Å². The van der Waals surface area contributed by atoms with E-state index < -0.39 is 0 Å². The van der Waals surface area contributed by atoms with E-state index in [4.69, 9.17) is 0 Å². The van der Waals surface area contributed by atoms with Crippen molar-refractivity contribution < 1.29 is 10.2 Å². The summed E-state index contributed by atoms with van der Waals surface area (Å²) in [5.41, 5.74) is 3.51. The number of aliphatic hydroxyl groups excluding tert-OH is 1. The molecule has 0 heterocycles. The van der Waals surface area contributed by atoms with Crippen molar-refractivity contribution >= 4 is 17.0 Å². The van der Waals surface area contributed by atoms with E-state index in [2.05, 4.69) is 62.2 Å². The normalized spacial score (nSPS) is 13.5. The van der Waals surface area contributed by atoms with Crippen LogP contribution < -0.4 is 0 Å². The first-order chi connectivity index (χ1) is 13.7. The van der Waals surface area contributed by atoms with Crippen molar-refractivity contribution in [1.82, 2.24) is 0 Å². The molecule has 0 radical (unpaired) electrons. The van der Waals surface area contributed by atoms with Gasteiger partial charge in [0.25, 0.3) is 0 Å². The zero-order valence-electron chi connectivity index (χ0n) is 18.0. The molecule has 3 heteroatoms. The lowest BCUT2D eigenvalue weighted by Crippen LogP contribution is -2.18. The Labute approximate surface area is 173 Å². The molecular weight excluding hydrogens is 358 g/mol. The summed E-state index contributed by atoms with van der Waals surface area (Å²) in [5.74, 6) is 0.446. The number of phenols is 1. The summed E-state index contributed by atoms with van der Waals surface area (Å²) in [6.45, 7) is 10.5. The maximum atomic E-state index is 11.1. The lowest BCUT2D eigenvalue weighted by atomic mass is 9.83. The van der Waals surface area contributed by atoms with Gasteiger partial charge in [0.1, 0.15) is 5.75 Å². The molecule has 0 unspecified atom stereocenters. The molecule has 3 rings (SSSR count). The average Bonchev–Trinajstić information content (AvgIpc) is 2.68. The molecule has 152 valence electrons. The summed E-state index contributed by atoms with van der Waals surface area (Å²) in [6.07, 6.45) is 1.70. The second kappa shape index (κ2) is 8.38. The molecule has 3 aromatic rings. The monoisotopic (exact) mass is 389 g/mol. The predicted molar refractivity (Wildman–Crippen MR) is 123 cm³/mol. The van der Waals surface area contributed by atoms with Crippen LogP contribution in [0.5, 0.6) is 5.75 Å². The summed E-state index contributed by atoms with van der Waals surface area (Å²) in [7, 11) is 0. The van der Waals surface area contributed by atoms with Crippen molar-refractivity contribution in [1.29, 1.82) is 0 Å². The van der Waals surface area contributed by atoms with Crippen LogP contribution >= 0.6 is 0 Å². The molecular formula is C26H31NO2. The lowest BCUT2D eigenvalue weighted by Gasteiger charge is -2.22. The van der Waals surface area contributed by atoms with Crippen LogP contribution in [0.15, 0.2) is 59.6 Å². The molecule has 0 spiro atoms. The minimum atomic E-state index is -0.184. The fourth-order valence-electron chi connectivity index (χ4n) is 3.37. The molecule has 0 amide bonds. The van der Waals surface area contributed by atoms with E-state index in [0.29, 0.717) is 5.56 Å². The molecule has 0 saturated heterocycles. The Balaban J connectivity index is 2.16. The van der Waals surface area contributed by atoms with Crippen LogP contribution in [0.1, 0.15) is 45.7 Å². The van der Waals surface area contributed by atoms with Crippen molar-refractivity contribution in [3.05, 3.63) is 65.7 Å². The first-order valence-electron chi connectivity index (χ1n) is 10.2. The van der Waals surface area contributed by atoms with Crippen LogP contribution in [0.4, 0.5) is 0 Å². The number of benzene rings is 3. The van der Waals surface area contributed by atoms with Crippen LogP contribution in [0.3, 0.4) is 0 Å². The summed E-state index contributed by atoms with van der Waals surface area (Å²) < 4.78 is 0. The van der Waals surface area contributed by atoms with Crippen LogP contribution in [0, 0.1) is 5.92 Å². The molecule has 3 nitrogen and oxygen atoms in total. The van der Waals surface area contributed by atoms with Gasteiger partial charge in [0.15, 0.2) is 0 Å². The Morgan fingerprint density at radius 3 is 2.28 bits per heavy atom. The Morgan fingerprint density at radius 2 is 1.66 bits per heavy atom. The number of aromatic hydroxyl groups is 1. The van der Waals surface area contributed by atoms with Crippen LogP contribution in [0.2, 0.25) is 0 Å². The number of rotatable bonds is 5. The smallest absolute Gasteiger partial charge is 0.132 e. The molecule has 0 bridgehead atoms. The van der Waals surface area contributed by atoms with Gasteiger partial charge in [-0.3, -0.25) is 4.99 Å². The van der Waals surface area contributed by atoms with E-state index in [1.807, 2.05) is 32.0 Å². The molecule has 0 fully saturated rings. The highest BCUT2D eigenvalue weighted by molar-refractivity contribution is 5.92. The topological polar surface area (TPSA) is 52.8 Å². The number of phenolic OH excluding ortho intramolecular Hbond substituents is 1. The molecule has 0 saturated carbocycles. The van der Waals surface area contributed by atoms with Gasteiger partial charge in [-0.1, -0.05) is 71.0 Å². The number of fused-ring (bicyclic) bond motifs is 1. The number of aliphatic hydroxyl groups is 1. The minimum Gasteiger partial charge on any atom is -0.507 e. The van der Waals surface area contributed by atoms with Crippen LogP contribution in [0.25, 0.3) is 21.9 Å². The molecule has 1 atom stereocenters. The van der Waals surface area contributed by atoms with Gasteiger partial charge >= 0.3 is 0 Å². The Kier molecular flexibility index (Phi) is 6.09. The molecule has 0 aromatic heterocycles. The summed E-state index contributed by atoms with van der Waals surface area (Å²) >= 11 is 0. The number of hydrogen-bond acceptors (Lipinski definition) is 3. The first kappa shape index (κ1) is 21.1. The number of aliphatic imine (C=N–C) groups is 1. The van der Waals surface area contributed by atoms with Gasteiger partial charge in [0, 0.05) is 17.3 Å². The number of hydrogen-bond donors (Lipinski definition) is 2. The average molecular weight is 390 g/mol. The van der Waals surface area contributed by atoms with Gasteiger partial charge in [-0.25, -0.2) is 0 Å². The highest BCUT2D eigenvalue weighted by Gasteiger charge is 2.19. The zero-order chi connectivity index (χ0) is 21.2. The highest BCUT2D eigenvalue weighted by atomic mass is 16.3. The Bertz CT molecular complexity index is 1030. The van der Waals surface area contributed by atoms with Crippen molar-refractivity contribution in [3.8, 4) is 16.9 Å². The fraction of sp³-hybridized carbons (Fsp3) is 0.346. The van der Waals surface area contributed by atoms with Gasteiger partial charge < -0.3 is 10.2 Å². The fourth-order valence-corrected chi connectivity index (χ4v) is 3.37. The molecule has 0 aliphatic rings.